The number of ether oxygens (including phenoxy) is 1. The number of nitrogens with one attached hydrogen (secondary N) is 2. The second-order valence-electron chi connectivity index (χ2n) is 4.25. The molecule has 100 valence electrons. The topological polar surface area (TPSA) is 93.0 Å². The molecule has 0 unspecified atom stereocenters. The number of benzene rings is 1. The van der Waals surface area contributed by atoms with E-state index < -0.39 is 0 Å². The highest BCUT2D eigenvalue weighted by Crippen LogP contribution is 2.22. The molecule has 1 aromatic heterocycles. The first-order chi connectivity index (χ1) is 9.02. The maximum absolute atomic E-state index is 12.1. The summed E-state index contributed by atoms with van der Waals surface area (Å²) in [5, 5.41) is 9.34. The van der Waals surface area contributed by atoms with E-state index in [1.807, 2.05) is 13.0 Å². The van der Waals surface area contributed by atoms with E-state index in [1.165, 1.54) is 0 Å². The maximum Gasteiger partial charge on any atom is 0.278 e. The van der Waals surface area contributed by atoms with Gasteiger partial charge in [-0.1, -0.05) is 0 Å². The number of hydrogen-bond acceptors (Lipinski definition) is 4. The lowest BCUT2D eigenvalue weighted by atomic mass is 10.2. The van der Waals surface area contributed by atoms with Crippen LogP contribution >= 0.6 is 0 Å². The Bertz CT molecular complexity index is 619. The van der Waals surface area contributed by atoms with Crippen LogP contribution in [0.1, 0.15) is 21.7 Å². The molecule has 0 saturated heterocycles. The summed E-state index contributed by atoms with van der Waals surface area (Å²) < 4.78 is 5.11. The first-order valence-corrected chi connectivity index (χ1v) is 5.79. The zero-order valence-corrected chi connectivity index (χ0v) is 11.1. The number of methoxy groups -OCH3 is 1. The van der Waals surface area contributed by atoms with Gasteiger partial charge >= 0.3 is 0 Å². The lowest BCUT2D eigenvalue weighted by Crippen LogP contribution is -2.15. The number of carbonyl (C=O) groups is 1. The van der Waals surface area contributed by atoms with Gasteiger partial charge in [0.1, 0.15) is 5.75 Å². The summed E-state index contributed by atoms with van der Waals surface area (Å²) in [6.07, 6.45) is 0. The summed E-state index contributed by atoms with van der Waals surface area (Å²) in [4.78, 5) is 12.1. The number of rotatable bonds is 3. The molecule has 6 heteroatoms. The highest BCUT2D eigenvalue weighted by Gasteiger charge is 2.16. The zero-order chi connectivity index (χ0) is 14.0. The van der Waals surface area contributed by atoms with Crippen molar-refractivity contribution in [3.05, 3.63) is 35.2 Å². The predicted molar refractivity (Wildman–Crippen MR) is 73.4 cm³/mol. The molecule has 19 heavy (non-hydrogen) atoms. The Kier molecular flexibility index (Phi) is 3.41. The third-order valence-corrected chi connectivity index (χ3v) is 2.89. The third-order valence-electron chi connectivity index (χ3n) is 2.89. The van der Waals surface area contributed by atoms with Crippen molar-refractivity contribution in [3.63, 3.8) is 0 Å². The average molecular weight is 260 g/mol. The number of aromatic amines is 1. The minimum atomic E-state index is -0.338. The Morgan fingerprint density at radius 3 is 2.68 bits per heavy atom. The lowest BCUT2D eigenvalue weighted by Gasteiger charge is -2.09. The van der Waals surface area contributed by atoms with Crippen LogP contribution in [0.5, 0.6) is 5.75 Å². The first kappa shape index (κ1) is 12.9. The van der Waals surface area contributed by atoms with E-state index in [-0.39, 0.29) is 11.6 Å². The number of anilines is 2. The largest absolute Gasteiger partial charge is 0.497 e. The van der Waals surface area contributed by atoms with Crippen LogP contribution in [-0.4, -0.2) is 23.2 Å². The van der Waals surface area contributed by atoms with Crippen LogP contribution in [-0.2, 0) is 0 Å². The first-order valence-electron chi connectivity index (χ1n) is 5.79. The van der Waals surface area contributed by atoms with Crippen LogP contribution in [0.25, 0.3) is 0 Å². The number of carbonyl (C=O) groups excluding carboxylic acids is 1. The normalized spacial score (nSPS) is 10.3. The number of hydrogen-bond donors (Lipinski definition) is 3. The van der Waals surface area contributed by atoms with Gasteiger partial charge in [0, 0.05) is 5.69 Å². The quantitative estimate of drug-likeness (QED) is 0.785. The van der Waals surface area contributed by atoms with Gasteiger partial charge in [-0.25, -0.2) is 0 Å². The molecule has 2 aromatic rings. The van der Waals surface area contributed by atoms with Gasteiger partial charge in [0.15, 0.2) is 5.69 Å². The van der Waals surface area contributed by atoms with Crippen LogP contribution < -0.4 is 15.8 Å². The molecule has 6 nitrogen and oxygen atoms in total. The Hall–Kier alpha value is -2.50. The summed E-state index contributed by atoms with van der Waals surface area (Å²) in [7, 11) is 1.60. The van der Waals surface area contributed by atoms with E-state index in [0.29, 0.717) is 17.1 Å². The standard InChI is InChI=1S/C13H16N4O2/c1-7-6-9(19-3)4-5-10(7)15-13(18)12-11(14)8(2)16-17-12/h4-6H,14H2,1-3H3,(H,15,18)(H,16,17). The van der Waals surface area contributed by atoms with Crippen LogP contribution in [0.3, 0.4) is 0 Å². The molecule has 1 aromatic carbocycles. The molecule has 1 amide bonds. The van der Waals surface area contributed by atoms with E-state index in [0.717, 1.165) is 11.3 Å². The summed E-state index contributed by atoms with van der Waals surface area (Å²) in [5.41, 5.74) is 8.61. The minimum absolute atomic E-state index is 0.202. The number of aromatic nitrogens is 2. The molecule has 0 saturated carbocycles. The highest BCUT2D eigenvalue weighted by molar-refractivity contribution is 6.06. The Morgan fingerprint density at radius 1 is 1.42 bits per heavy atom. The molecule has 0 radical (unpaired) electrons. The summed E-state index contributed by atoms with van der Waals surface area (Å²) in [6, 6.07) is 5.40. The van der Waals surface area contributed by atoms with Crippen molar-refractivity contribution in [2.24, 2.45) is 0 Å². The molecule has 0 atom stereocenters. The lowest BCUT2D eigenvalue weighted by molar-refractivity contribution is 0.102. The molecule has 0 bridgehead atoms. The van der Waals surface area contributed by atoms with Crippen LogP contribution in [0, 0.1) is 13.8 Å². The van der Waals surface area contributed by atoms with Gasteiger partial charge in [-0.15, -0.1) is 0 Å². The van der Waals surface area contributed by atoms with Crippen molar-refractivity contribution < 1.29 is 9.53 Å². The summed E-state index contributed by atoms with van der Waals surface area (Å²) >= 11 is 0. The van der Waals surface area contributed by atoms with E-state index in [4.69, 9.17) is 10.5 Å². The average Bonchev–Trinajstić information content (AvgIpc) is 2.72. The number of aryl methyl sites for hydroxylation is 2. The SMILES string of the molecule is COc1ccc(NC(=O)c2n[nH]c(C)c2N)c(C)c1. The van der Waals surface area contributed by atoms with Gasteiger partial charge in [-0.2, -0.15) is 5.10 Å². The van der Waals surface area contributed by atoms with Crippen molar-refractivity contribution in [2.75, 3.05) is 18.2 Å². The van der Waals surface area contributed by atoms with Gasteiger partial charge < -0.3 is 15.8 Å². The Morgan fingerprint density at radius 2 is 2.16 bits per heavy atom. The Labute approximate surface area is 111 Å². The second kappa shape index (κ2) is 5.01. The highest BCUT2D eigenvalue weighted by atomic mass is 16.5. The van der Waals surface area contributed by atoms with E-state index in [2.05, 4.69) is 15.5 Å². The smallest absolute Gasteiger partial charge is 0.278 e. The Balaban J connectivity index is 2.22. The molecular formula is C13H16N4O2. The molecule has 0 aliphatic heterocycles. The van der Waals surface area contributed by atoms with Crippen molar-refractivity contribution in [3.8, 4) is 5.75 Å². The van der Waals surface area contributed by atoms with E-state index in [9.17, 15) is 4.79 Å². The summed E-state index contributed by atoms with van der Waals surface area (Å²) in [6.45, 7) is 3.65. The van der Waals surface area contributed by atoms with Gasteiger partial charge in [0.25, 0.3) is 5.91 Å². The molecule has 0 aliphatic carbocycles. The maximum atomic E-state index is 12.1. The van der Waals surface area contributed by atoms with Gasteiger partial charge in [0.05, 0.1) is 18.5 Å². The number of nitrogens with two attached hydrogens (primary N) is 1. The molecule has 4 N–H and O–H groups in total. The van der Waals surface area contributed by atoms with E-state index >= 15 is 0 Å². The third kappa shape index (κ3) is 2.52. The fourth-order valence-electron chi connectivity index (χ4n) is 1.70. The van der Waals surface area contributed by atoms with Crippen LogP contribution in [0.2, 0.25) is 0 Å². The predicted octanol–water partition coefficient (Wildman–Crippen LogP) is 1.87. The fraction of sp³-hybridized carbons (Fsp3) is 0.231. The number of nitrogens with zero attached hydrogens (tertiary/aromatic N) is 1. The molecule has 2 rings (SSSR count). The van der Waals surface area contributed by atoms with Gasteiger partial charge in [-0.3, -0.25) is 9.89 Å². The van der Waals surface area contributed by atoms with Gasteiger partial charge in [0.2, 0.25) is 0 Å². The van der Waals surface area contributed by atoms with Crippen molar-refractivity contribution in [1.29, 1.82) is 0 Å². The molecule has 0 aliphatic rings. The number of nitrogen functional groups attached to an aromatic ring is 1. The van der Waals surface area contributed by atoms with Crippen molar-refractivity contribution in [2.45, 2.75) is 13.8 Å². The minimum Gasteiger partial charge on any atom is -0.497 e. The van der Waals surface area contributed by atoms with Crippen molar-refractivity contribution >= 4 is 17.3 Å². The van der Waals surface area contributed by atoms with Crippen LogP contribution in [0.15, 0.2) is 18.2 Å². The molecule has 1 heterocycles. The number of H-pyrrole nitrogens is 1. The van der Waals surface area contributed by atoms with Crippen LogP contribution in [0.4, 0.5) is 11.4 Å². The second-order valence-corrected chi connectivity index (χ2v) is 4.25. The molecular weight excluding hydrogens is 244 g/mol. The van der Waals surface area contributed by atoms with Gasteiger partial charge in [-0.05, 0) is 37.6 Å². The summed E-state index contributed by atoms with van der Waals surface area (Å²) in [5.74, 6) is 0.403. The van der Waals surface area contributed by atoms with E-state index in [1.54, 1.807) is 26.2 Å². The molecule has 0 spiro atoms. The molecule has 0 fully saturated rings. The fourth-order valence-corrected chi connectivity index (χ4v) is 1.70. The monoisotopic (exact) mass is 260 g/mol. The number of amides is 1. The zero-order valence-electron chi connectivity index (χ0n) is 11.1. The van der Waals surface area contributed by atoms with Crippen molar-refractivity contribution in [1.82, 2.24) is 10.2 Å².